The number of aliphatic hydroxyl groups is 3. The minimum atomic E-state index is -1.06. The second-order valence-electron chi connectivity index (χ2n) is 12.9. The van der Waals surface area contributed by atoms with E-state index in [2.05, 4.69) is 35.0 Å². The summed E-state index contributed by atoms with van der Waals surface area (Å²) >= 11 is 0. The quantitative estimate of drug-likeness (QED) is 0.192. The molecule has 5 atom stereocenters. The molecule has 0 aliphatic carbocycles. The third-order valence-electron chi connectivity index (χ3n) is 9.10. The molecule has 0 saturated carbocycles. The first-order valence-corrected chi connectivity index (χ1v) is 16.6. The van der Waals surface area contributed by atoms with Crippen molar-refractivity contribution >= 4 is 11.5 Å². The number of fused-ring (bicyclic) bond motifs is 5. The second kappa shape index (κ2) is 14.8. The van der Waals surface area contributed by atoms with Crippen LogP contribution in [0.1, 0.15) is 80.0 Å². The average Bonchev–Trinajstić information content (AvgIpc) is 3.65. The molecule has 2 bridgehead atoms. The van der Waals surface area contributed by atoms with Gasteiger partial charge in [-0.15, -0.1) is 0 Å². The first-order chi connectivity index (χ1) is 23.2. The third-order valence-corrected chi connectivity index (χ3v) is 9.10. The molecule has 0 amide bonds. The number of aliphatic hydroxyl groups excluding tert-OH is 3. The number of aliphatic imine (C=N–C) groups is 1. The fourth-order valence-electron chi connectivity index (χ4n) is 6.53. The van der Waals surface area contributed by atoms with E-state index in [-0.39, 0.29) is 25.0 Å². The zero-order chi connectivity index (χ0) is 33.8. The van der Waals surface area contributed by atoms with Crippen LogP contribution in [0.25, 0.3) is 0 Å². The topological polar surface area (TPSA) is 164 Å². The van der Waals surface area contributed by atoms with E-state index in [0.29, 0.717) is 49.3 Å². The summed E-state index contributed by atoms with van der Waals surface area (Å²) in [5, 5.41) is 31.6. The minimum absolute atomic E-state index is 0.00529. The van der Waals surface area contributed by atoms with Gasteiger partial charge in [0.1, 0.15) is 18.0 Å². The first-order valence-electron chi connectivity index (χ1n) is 16.6. The molecule has 10 nitrogen and oxygen atoms in total. The maximum Gasteiger partial charge on any atom is 0.187 e. The van der Waals surface area contributed by atoms with Crippen molar-refractivity contribution in [1.29, 1.82) is 0 Å². The molecule has 6 rings (SSSR count). The summed E-state index contributed by atoms with van der Waals surface area (Å²) < 4.78 is 12.5. The van der Waals surface area contributed by atoms with Gasteiger partial charge in [-0.2, -0.15) is 0 Å². The molecule has 0 aromatic heterocycles. The van der Waals surface area contributed by atoms with Gasteiger partial charge in [-0.05, 0) is 59.2 Å². The van der Waals surface area contributed by atoms with Gasteiger partial charge in [0.25, 0.3) is 0 Å². The van der Waals surface area contributed by atoms with Gasteiger partial charge in [0.05, 0.1) is 36.5 Å². The Morgan fingerprint density at radius 2 is 1.98 bits per heavy atom. The molecule has 4 aliphatic rings. The number of carbonyl (C=O) groups is 1. The maximum atomic E-state index is 12.7. The highest BCUT2D eigenvalue weighted by molar-refractivity contribution is 6.09. The number of benzene rings is 2. The number of Topliss-reactive ketones (excluding diaryl/α,β-unsaturated/α-hetero) is 1. The molecule has 0 fully saturated rings. The largest absolute Gasteiger partial charge is 0.465 e. The number of aryl methyl sites for hydroxylation is 1. The molecule has 0 saturated heterocycles. The molecule has 2 aromatic rings. The van der Waals surface area contributed by atoms with Crippen molar-refractivity contribution in [1.82, 2.24) is 4.90 Å². The summed E-state index contributed by atoms with van der Waals surface area (Å²) in [5.41, 5.74) is 18.1. The summed E-state index contributed by atoms with van der Waals surface area (Å²) in [4.78, 5) is 19.5. The van der Waals surface area contributed by atoms with Crippen molar-refractivity contribution in [3.63, 3.8) is 0 Å². The fraction of sp³-hybridized carbons (Fsp3) is 0.421. The van der Waals surface area contributed by atoms with Crippen LogP contribution >= 0.6 is 0 Å². The highest BCUT2D eigenvalue weighted by atomic mass is 16.5. The zero-order valence-electron chi connectivity index (χ0n) is 27.1. The molecule has 7 N–H and O–H groups in total. The Labute approximate surface area is 281 Å². The van der Waals surface area contributed by atoms with Gasteiger partial charge in [0, 0.05) is 43.7 Å². The molecule has 4 heterocycles. The van der Waals surface area contributed by atoms with Gasteiger partial charge in [0.15, 0.2) is 17.7 Å². The number of nitrogens with two attached hydrogens (primary N) is 2. The Bertz CT molecular complexity index is 1770. The molecule has 2 aromatic carbocycles. The summed E-state index contributed by atoms with van der Waals surface area (Å²) in [6.07, 6.45) is 6.10. The van der Waals surface area contributed by atoms with Gasteiger partial charge in [0.2, 0.25) is 0 Å². The van der Waals surface area contributed by atoms with E-state index in [9.17, 15) is 20.1 Å². The first kappa shape index (κ1) is 33.5. The Morgan fingerprint density at radius 1 is 1.12 bits per heavy atom. The fourth-order valence-corrected chi connectivity index (χ4v) is 6.53. The highest BCUT2D eigenvalue weighted by Gasteiger charge is 2.36. The Kier molecular flexibility index (Phi) is 10.3. The van der Waals surface area contributed by atoms with Crippen LogP contribution in [0.5, 0.6) is 11.5 Å². The van der Waals surface area contributed by atoms with Crippen LogP contribution < -0.4 is 20.9 Å². The maximum absolute atomic E-state index is 12.7. The third kappa shape index (κ3) is 7.65. The monoisotopic (exact) mass is 650 g/mol. The SMILES string of the molecule is CCCC(O)CC(O)CC(=O)CCc1ccc2c(c1)OC1C(C#CC(O)c3ccc(C(N)N)cc3CC3=CN=C4CN1C=C34)CC#CO2. The molecule has 0 spiro atoms. The Hall–Kier alpha value is -4.42. The van der Waals surface area contributed by atoms with E-state index in [1.54, 1.807) is 6.07 Å². The zero-order valence-corrected chi connectivity index (χ0v) is 27.1. The van der Waals surface area contributed by atoms with Crippen LogP contribution in [0, 0.1) is 29.8 Å². The van der Waals surface area contributed by atoms with Crippen molar-refractivity contribution in [2.75, 3.05) is 6.54 Å². The van der Waals surface area contributed by atoms with E-state index < -0.39 is 36.6 Å². The lowest BCUT2D eigenvalue weighted by Crippen LogP contribution is -2.41. The predicted molar refractivity (Wildman–Crippen MR) is 181 cm³/mol. The van der Waals surface area contributed by atoms with E-state index >= 15 is 0 Å². The summed E-state index contributed by atoms with van der Waals surface area (Å²) in [6, 6.07) is 11.1. The minimum Gasteiger partial charge on any atom is -0.465 e. The van der Waals surface area contributed by atoms with Crippen molar-refractivity contribution in [2.45, 2.75) is 89.0 Å². The number of hydrogen-bond donors (Lipinski definition) is 5. The molecular formula is C38H42N4O6. The number of rotatable bonds is 10. The normalized spacial score (nSPS) is 21.9. The average molecular weight is 651 g/mol. The van der Waals surface area contributed by atoms with Crippen LogP contribution in [0.15, 0.2) is 64.9 Å². The van der Waals surface area contributed by atoms with Gasteiger partial charge < -0.3 is 41.2 Å². The number of ether oxygens (including phenoxy) is 2. The van der Waals surface area contributed by atoms with Crippen LogP contribution in [-0.4, -0.2) is 56.7 Å². The molecule has 0 radical (unpaired) electrons. The molecule has 48 heavy (non-hydrogen) atoms. The lowest BCUT2D eigenvalue weighted by molar-refractivity contribution is -0.121. The van der Waals surface area contributed by atoms with E-state index in [1.807, 2.05) is 43.5 Å². The smallest absolute Gasteiger partial charge is 0.187 e. The number of nitrogens with zero attached hydrogens (tertiary/aromatic N) is 2. The molecule has 4 aliphatic heterocycles. The van der Waals surface area contributed by atoms with Crippen molar-refractivity contribution < 1.29 is 29.6 Å². The molecular weight excluding hydrogens is 608 g/mol. The molecule has 10 heteroatoms. The molecule has 250 valence electrons. The number of ketones is 1. The van der Waals surface area contributed by atoms with Crippen molar-refractivity contribution in [2.24, 2.45) is 22.4 Å². The van der Waals surface area contributed by atoms with E-state index in [4.69, 9.17) is 25.9 Å². The standard InChI is InChI=1S/C38H42N4O6/c1-2-4-28(43)18-30(45)19-29(44)10-6-23-7-13-35-36(15-23)48-38-24(5-3-14-47-35)9-12-34(46)31-11-8-25(37(39)40)16-26(31)17-27-20-41-33-22-42(38)21-32(27)33/h7-8,11,13,15-16,20-21,24,28,30,34,37-38,43,45-46H,2,4-6,10,17-19,22,39-40H2,1H3. The van der Waals surface area contributed by atoms with Gasteiger partial charge in [-0.3, -0.25) is 9.79 Å². The van der Waals surface area contributed by atoms with Crippen LogP contribution in [0.2, 0.25) is 0 Å². The summed E-state index contributed by atoms with van der Waals surface area (Å²) in [5.74, 6) is 9.82. The van der Waals surface area contributed by atoms with E-state index in [1.165, 1.54) is 0 Å². The van der Waals surface area contributed by atoms with Crippen molar-refractivity contribution in [3.05, 3.63) is 82.2 Å². The van der Waals surface area contributed by atoms with Crippen LogP contribution in [-0.2, 0) is 17.6 Å². The Morgan fingerprint density at radius 3 is 2.79 bits per heavy atom. The van der Waals surface area contributed by atoms with Gasteiger partial charge in [-0.25, -0.2) is 0 Å². The Balaban J connectivity index is 1.26. The summed E-state index contributed by atoms with van der Waals surface area (Å²) in [7, 11) is 0. The van der Waals surface area contributed by atoms with Gasteiger partial charge >= 0.3 is 0 Å². The number of carbonyl (C=O) groups excluding carboxylic acids is 1. The van der Waals surface area contributed by atoms with Gasteiger partial charge in [-0.1, -0.05) is 55.4 Å². The number of hydrogen-bond acceptors (Lipinski definition) is 10. The lowest BCUT2D eigenvalue weighted by Gasteiger charge is -2.32. The predicted octanol–water partition coefficient (Wildman–Crippen LogP) is 3.30. The summed E-state index contributed by atoms with van der Waals surface area (Å²) in [6.45, 7) is 2.48. The van der Waals surface area contributed by atoms with Crippen LogP contribution in [0.3, 0.4) is 0 Å². The second-order valence-corrected chi connectivity index (χ2v) is 12.9. The van der Waals surface area contributed by atoms with Crippen LogP contribution in [0.4, 0.5) is 0 Å². The molecule has 5 unspecified atom stereocenters. The highest BCUT2D eigenvalue weighted by Crippen LogP contribution is 2.37. The van der Waals surface area contributed by atoms with Crippen molar-refractivity contribution in [3.8, 4) is 35.4 Å². The number of allylic oxidation sites excluding steroid dienone is 1. The lowest BCUT2D eigenvalue weighted by atomic mass is 9.91. The van der Waals surface area contributed by atoms with E-state index in [0.717, 1.165) is 40.0 Å².